The Bertz CT molecular complexity index is 1260. The van der Waals surface area contributed by atoms with Gasteiger partial charge in [-0.25, -0.2) is 4.57 Å². The van der Waals surface area contributed by atoms with Crippen LogP contribution in [0, 0.1) is 0 Å². The van der Waals surface area contributed by atoms with Gasteiger partial charge in [0.2, 0.25) is 0 Å². The van der Waals surface area contributed by atoms with Gasteiger partial charge in [0.25, 0.3) is 0 Å². The molecule has 0 aromatic rings. The van der Waals surface area contributed by atoms with Crippen molar-refractivity contribution in [2.24, 2.45) is 0 Å². The molecule has 59 heavy (non-hydrogen) atoms. The summed E-state index contributed by atoms with van der Waals surface area (Å²) < 4.78 is 40.1. The summed E-state index contributed by atoms with van der Waals surface area (Å²) in [6.07, 6.45) is 45.7. The largest absolute Gasteiger partial charge is 0.472 e. The molecule has 0 aromatic carbocycles. The van der Waals surface area contributed by atoms with Crippen molar-refractivity contribution in [2.75, 3.05) is 47.5 Å². The number of carbonyl (C=O) groups is 2. The third kappa shape index (κ3) is 37.2. The van der Waals surface area contributed by atoms with Gasteiger partial charge < -0.3 is 23.6 Å². The van der Waals surface area contributed by atoms with Crippen molar-refractivity contribution < 1.29 is 46.8 Å². The number of ether oxygens (including phenoxy) is 3. The van der Waals surface area contributed by atoms with Crippen LogP contribution in [0.5, 0.6) is 0 Å². The van der Waals surface area contributed by atoms with Crippen molar-refractivity contribution in [1.29, 1.82) is 0 Å². The van der Waals surface area contributed by atoms with Gasteiger partial charge in [-0.1, -0.05) is 132 Å². The first kappa shape index (κ1) is 54.7. The van der Waals surface area contributed by atoms with Gasteiger partial charge in [0, 0.05) is 12.8 Å². The number of allylic oxidation sites excluding steroid dienone is 9. The summed E-state index contributed by atoms with van der Waals surface area (Å²) >= 11 is 0. The van der Waals surface area contributed by atoms with Crippen LogP contribution in [0.1, 0.15) is 168 Å². The van der Waals surface area contributed by atoms with E-state index < -0.39 is 32.5 Å². The van der Waals surface area contributed by atoms with Gasteiger partial charge in [0.05, 0.1) is 40.0 Å². The molecule has 1 fully saturated rings. The van der Waals surface area contributed by atoms with Crippen molar-refractivity contribution in [3.63, 3.8) is 0 Å². The fourth-order valence-corrected chi connectivity index (χ4v) is 6.93. The van der Waals surface area contributed by atoms with Crippen molar-refractivity contribution in [1.82, 2.24) is 0 Å². The highest BCUT2D eigenvalue weighted by molar-refractivity contribution is 7.47. The quantitative estimate of drug-likeness (QED) is 0.0160. The van der Waals surface area contributed by atoms with Crippen LogP contribution in [-0.4, -0.2) is 87.1 Å². The van der Waals surface area contributed by atoms with Crippen LogP contribution < -0.4 is 0 Å². The van der Waals surface area contributed by atoms with E-state index in [0.717, 1.165) is 57.8 Å². The number of hydrogen-bond acceptors (Lipinski definition) is 8. The van der Waals surface area contributed by atoms with E-state index in [9.17, 15) is 19.0 Å². The number of likely N-dealkylation sites (N-methyl/N-ethyl adjacent to an activating group) is 1. The SMILES string of the molecule is CCCCC/C=C\C/C=C\C/C=C\CC1OC1CCCC(=O)OC[C@H](COP(=O)(O)OCC[N+](C)(C)C)OC(=O)CCCCCCCCC/C=C\C/C=C\CCCCC. The average molecular weight is 851 g/mol. The van der Waals surface area contributed by atoms with Gasteiger partial charge in [-0.05, 0) is 83.5 Å². The number of quaternary nitrogens is 1. The Morgan fingerprint density at radius 1 is 0.627 bits per heavy atom. The first-order valence-electron chi connectivity index (χ1n) is 23.1. The van der Waals surface area contributed by atoms with E-state index in [1.165, 1.54) is 70.6 Å². The van der Waals surface area contributed by atoms with Crippen molar-refractivity contribution in [2.45, 2.75) is 186 Å². The van der Waals surface area contributed by atoms with Gasteiger partial charge >= 0.3 is 19.8 Å². The Morgan fingerprint density at radius 3 is 1.71 bits per heavy atom. The lowest BCUT2D eigenvalue weighted by Gasteiger charge is -2.24. The maximum Gasteiger partial charge on any atom is 0.472 e. The maximum atomic E-state index is 12.7. The third-order valence-electron chi connectivity index (χ3n) is 9.94. The minimum Gasteiger partial charge on any atom is -0.462 e. The molecule has 340 valence electrons. The molecule has 1 heterocycles. The Morgan fingerprint density at radius 2 is 1.14 bits per heavy atom. The fourth-order valence-electron chi connectivity index (χ4n) is 6.19. The number of epoxide rings is 1. The standard InChI is InChI=1S/C48H84NO9P/c1-6-8-10-12-14-16-18-20-21-22-23-24-26-28-30-32-34-38-48(51)57-44(43-56-59(52,53)55-41-40-49(3,4)5)42-54-47(50)39-35-37-46-45(58-46)36-33-31-29-27-25-19-17-15-13-11-9-7-2/h14-17,20-21,25,27,31,33,44-46H,6-13,18-19,22-24,26,28-30,32,34-43H2,1-5H3/p+1/b16-14-,17-15-,21-20-,27-25-,33-31-/t44-,45?,46?/m1/s1. The second-order valence-electron chi connectivity index (χ2n) is 16.8. The average Bonchev–Trinajstić information content (AvgIpc) is 3.94. The highest BCUT2D eigenvalue weighted by atomic mass is 31.2. The zero-order valence-corrected chi connectivity index (χ0v) is 38.8. The zero-order valence-electron chi connectivity index (χ0n) is 37.9. The van der Waals surface area contributed by atoms with E-state index in [4.69, 9.17) is 23.3 Å². The fraction of sp³-hybridized carbons (Fsp3) is 0.750. The van der Waals surface area contributed by atoms with E-state index in [1.54, 1.807) is 0 Å². The van der Waals surface area contributed by atoms with Crippen molar-refractivity contribution >= 4 is 19.8 Å². The van der Waals surface area contributed by atoms with Gasteiger partial charge in [-0.2, -0.15) is 0 Å². The van der Waals surface area contributed by atoms with Gasteiger partial charge in [-0.15, -0.1) is 0 Å². The van der Waals surface area contributed by atoms with E-state index in [2.05, 4.69) is 74.6 Å². The summed E-state index contributed by atoms with van der Waals surface area (Å²) in [5, 5.41) is 0. The summed E-state index contributed by atoms with van der Waals surface area (Å²) in [5.41, 5.74) is 0. The van der Waals surface area contributed by atoms with E-state index in [-0.39, 0.29) is 38.3 Å². The molecule has 1 rings (SSSR count). The molecule has 0 saturated carbocycles. The number of unbranched alkanes of at least 4 members (excludes halogenated alkanes) is 13. The smallest absolute Gasteiger partial charge is 0.462 e. The van der Waals surface area contributed by atoms with Crippen LogP contribution in [0.2, 0.25) is 0 Å². The summed E-state index contributed by atoms with van der Waals surface area (Å²) in [5.74, 6) is -0.887. The first-order chi connectivity index (χ1) is 28.5. The third-order valence-corrected chi connectivity index (χ3v) is 10.9. The summed E-state index contributed by atoms with van der Waals surface area (Å²) in [6, 6.07) is 0. The molecule has 0 aliphatic carbocycles. The van der Waals surface area contributed by atoms with E-state index in [1.807, 2.05) is 21.1 Å². The van der Waals surface area contributed by atoms with Crippen LogP contribution >= 0.6 is 7.82 Å². The molecule has 0 aromatic heterocycles. The molecule has 0 bridgehead atoms. The lowest BCUT2D eigenvalue weighted by atomic mass is 10.1. The van der Waals surface area contributed by atoms with E-state index in [0.29, 0.717) is 23.9 Å². The summed E-state index contributed by atoms with van der Waals surface area (Å²) in [6.45, 7) is 4.26. The number of nitrogens with zero attached hydrogens (tertiary/aromatic N) is 1. The minimum absolute atomic E-state index is 0.0153. The predicted octanol–water partition coefficient (Wildman–Crippen LogP) is 12.2. The van der Waals surface area contributed by atoms with Crippen LogP contribution in [0.25, 0.3) is 0 Å². The Balaban J connectivity index is 2.33. The van der Waals surface area contributed by atoms with Gasteiger partial charge in [0.15, 0.2) is 6.10 Å². The molecule has 0 radical (unpaired) electrons. The van der Waals surface area contributed by atoms with Crippen LogP contribution in [0.4, 0.5) is 0 Å². The molecule has 11 heteroatoms. The molecule has 1 aliphatic rings. The minimum atomic E-state index is -4.40. The lowest BCUT2D eigenvalue weighted by molar-refractivity contribution is -0.870. The summed E-state index contributed by atoms with van der Waals surface area (Å²) in [4.78, 5) is 35.5. The van der Waals surface area contributed by atoms with Crippen molar-refractivity contribution in [3.8, 4) is 0 Å². The number of esters is 2. The topological polar surface area (TPSA) is 121 Å². The Kier molecular flexibility index (Phi) is 33.7. The molecule has 1 saturated heterocycles. The molecule has 0 spiro atoms. The molecule has 1 N–H and O–H groups in total. The maximum absolute atomic E-state index is 12.7. The predicted molar refractivity (Wildman–Crippen MR) is 242 cm³/mol. The monoisotopic (exact) mass is 851 g/mol. The highest BCUT2D eigenvalue weighted by Crippen LogP contribution is 2.43. The van der Waals surface area contributed by atoms with Crippen molar-refractivity contribution in [3.05, 3.63) is 60.8 Å². The Labute approximate surface area is 360 Å². The van der Waals surface area contributed by atoms with Crippen LogP contribution in [0.15, 0.2) is 60.8 Å². The van der Waals surface area contributed by atoms with E-state index >= 15 is 0 Å². The van der Waals surface area contributed by atoms with Gasteiger partial charge in [0.1, 0.15) is 19.8 Å². The number of phosphoric acid groups is 1. The van der Waals surface area contributed by atoms with Gasteiger partial charge in [-0.3, -0.25) is 18.6 Å². The van der Waals surface area contributed by atoms with Crippen LogP contribution in [-0.2, 0) is 37.4 Å². The number of hydrogen-bond donors (Lipinski definition) is 1. The first-order valence-corrected chi connectivity index (χ1v) is 24.6. The number of phosphoric ester groups is 1. The molecule has 0 amide bonds. The molecule has 10 nitrogen and oxygen atoms in total. The normalized spacial score (nSPS) is 17.5. The molecule has 1 aliphatic heterocycles. The Hall–Kier alpha value is -2.33. The zero-order chi connectivity index (χ0) is 43.3. The summed E-state index contributed by atoms with van der Waals surface area (Å²) in [7, 11) is 1.42. The molecule has 3 unspecified atom stereocenters. The second kappa shape index (κ2) is 36.3. The highest BCUT2D eigenvalue weighted by Gasteiger charge is 2.36. The van der Waals surface area contributed by atoms with Crippen LogP contribution in [0.3, 0.4) is 0 Å². The molecular formula is C48H85NO9P+. The molecular weight excluding hydrogens is 765 g/mol. The number of rotatable bonds is 40. The lowest BCUT2D eigenvalue weighted by Crippen LogP contribution is -2.37. The number of carbonyl (C=O) groups excluding carboxylic acids is 2. The second-order valence-corrected chi connectivity index (χ2v) is 18.3. The molecule has 4 atom stereocenters.